The first-order chi connectivity index (χ1) is 46.6. The quantitative estimate of drug-likeness (QED) is 0.119. The third-order valence-corrected chi connectivity index (χ3v) is 18.5. The minimum Gasteiger partial charge on any atom is -0.311 e. The van der Waals surface area contributed by atoms with Gasteiger partial charge < -0.3 is 14.4 Å². The third-order valence-electron chi connectivity index (χ3n) is 18.5. The van der Waals surface area contributed by atoms with Gasteiger partial charge in [-0.05, 0) is 130 Å². The molecule has 0 bridgehead atoms. The average Bonchev–Trinajstić information content (AvgIpc) is 1.18. The number of para-hydroxylation sites is 4. The van der Waals surface area contributed by atoms with Crippen molar-refractivity contribution in [1.29, 1.82) is 0 Å². The molecule has 0 fully saturated rings. The number of hydrogen-bond donors (Lipinski definition) is 0. The van der Waals surface area contributed by atoms with E-state index in [2.05, 4.69) is 281 Å². The molecule has 5 heterocycles. The van der Waals surface area contributed by atoms with E-state index >= 15 is 0 Å². The van der Waals surface area contributed by atoms with E-state index in [1.54, 1.807) is 0 Å². The summed E-state index contributed by atoms with van der Waals surface area (Å²) in [6.45, 7) is 0.0755. The molecule has 94 heavy (non-hydrogen) atoms. The Morgan fingerprint density at radius 2 is 0.649 bits per heavy atom. The summed E-state index contributed by atoms with van der Waals surface area (Å²) in [6.07, 6.45) is 0. The van der Waals surface area contributed by atoms with Crippen molar-refractivity contribution in [3.63, 3.8) is 0 Å². The molecule has 438 valence electrons. The molecule has 18 rings (SSSR count). The van der Waals surface area contributed by atoms with Gasteiger partial charge in [-0.1, -0.05) is 243 Å². The van der Waals surface area contributed by atoms with Gasteiger partial charge in [0.1, 0.15) is 0 Å². The Morgan fingerprint density at radius 1 is 0.234 bits per heavy atom. The molecule has 0 unspecified atom stereocenters. The van der Waals surface area contributed by atoms with Crippen LogP contribution in [0.15, 0.2) is 334 Å². The lowest BCUT2D eigenvalue weighted by Crippen LogP contribution is -2.61. The number of hydrogen-bond acceptors (Lipinski definition) is 7. The molecule has 16 aromatic rings. The third kappa shape index (κ3) is 9.36. The van der Waals surface area contributed by atoms with Crippen LogP contribution in [0, 0.1) is 0 Å². The van der Waals surface area contributed by atoms with E-state index in [9.17, 15) is 0 Å². The van der Waals surface area contributed by atoms with E-state index in [1.165, 1.54) is 39.1 Å². The maximum atomic E-state index is 5.62. The highest BCUT2D eigenvalue weighted by Gasteiger charge is 2.43. The van der Waals surface area contributed by atoms with E-state index < -0.39 is 0 Å². The SMILES string of the molecule is c1ccc(-c2ccc3c(c2)c2ccccc2n3-c2ccc(-c3nc(-c4ccccc4)nc(-c4ccccc4)n3)cc2-c2cc(-c3ccccc3)nc(-c3ccc(-c4ccc(N5c6ccccc6B6c7ccccc7N(c7ccccc7)c7cccc5c76)cc4)cc3)n2)cc1. The van der Waals surface area contributed by atoms with Crippen LogP contribution in [0.1, 0.15) is 0 Å². The predicted molar refractivity (Wildman–Crippen MR) is 387 cm³/mol. The Balaban J connectivity index is 0.763. The predicted octanol–water partition coefficient (Wildman–Crippen LogP) is 19.2. The normalized spacial score (nSPS) is 12.2. The Morgan fingerprint density at radius 3 is 1.27 bits per heavy atom. The molecule has 2 aliphatic heterocycles. The van der Waals surface area contributed by atoms with Crippen LogP contribution in [0.3, 0.4) is 0 Å². The lowest BCUT2D eigenvalue weighted by molar-refractivity contribution is 1.07. The summed E-state index contributed by atoms with van der Waals surface area (Å²) in [4.78, 5) is 31.4. The van der Waals surface area contributed by atoms with Gasteiger partial charge in [-0.15, -0.1) is 0 Å². The maximum Gasteiger partial charge on any atom is 0.252 e. The molecule has 0 saturated carbocycles. The summed E-state index contributed by atoms with van der Waals surface area (Å²) < 4.78 is 2.38. The van der Waals surface area contributed by atoms with Crippen molar-refractivity contribution in [3.05, 3.63) is 334 Å². The highest BCUT2D eigenvalue weighted by atomic mass is 15.2. The monoisotopic (exact) mass is 1200 g/mol. The zero-order chi connectivity index (χ0) is 62.1. The van der Waals surface area contributed by atoms with Crippen LogP contribution in [0.4, 0.5) is 34.1 Å². The topological polar surface area (TPSA) is 75.9 Å². The largest absolute Gasteiger partial charge is 0.311 e. The van der Waals surface area contributed by atoms with Crippen molar-refractivity contribution in [2.45, 2.75) is 0 Å². The van der Waals surface area contributed by atoms with Crippen molar-refractivity contribution in [2.75, 3.05) is 9.80 Å². The Kier molecular flexibility index (Phi) is 13.1. The Hall–Kier alpha value is -12.6. The number of rotatable bonds is 11. The van der Waals surface area contributed by atoms with E-state index in [-0.39, 0.29) is 6.71 Å². The summed E-state index contributed by atoms with van der Waals surface area (Å²) in [5.41, 5.74) is 25.4. The first kappa shape index (κ1) is 54.4. The average molecular weight is 1200 g/mol. The second-order valence-electron chi connectivity index (χ2n) is 23.9. The van der Waals surface area contributed by atoms with E-state index in [4.69, 9.17) is 24.9 Å². The Labute approximate surface area is 544 Å². The summed E-state index contributed by atoms with van der Waals surface area (Å²) in [5, 5.41) is 2.30. The zero-order valence-electron chi connectivity index (χ0n) is 50.9. The second kappa shape index (κ2) is 22.7. The van der Waals surface area contributed by atoms with Crippen LogP contribution in [-0.2, 0) is 0 Å². The zero-order valence-corrected chi connectivity index (χ0v) is 50.9. The maximum absolute atomic E-state index is 5.62. The molecule has 13 aromatic carbocycles. The molecule has 8 nitrogen and oxygen atoms in total. The van der Waals surface area contributed by atoms with Gasteiger partial charge in [-0.2, -0.15) is 0 Å². The first-order valence-electron chi connectivity index (χ1n) is 31.8. The highest BCUT2D eigenvalue weighted by Crippen LogP contribution is 2.45. The molecule has 2 aliphatic rings. The summed E-state index contributed by atoms with van der Waals surface area (Å²) >= 11 is 0. The van der Waals surface area contributed by atoms with E-state index in [0.717, 1.165) is 106 Å². The molecule has 0 N–H and O–H groups in total. The molecule has 9 heteroatoms. The van der Waals surface area contributed by atoms with E-state index in [0.29, 0.717) is 23.3 Å². The number of nitrogens with zero attached hydrogens (tertiary/aromatic N) is 8. The fourth-order valence-corrected chi connectivity index (χ4v) is 14.1. The van der Waals surface area contributed by atoms with Gasteiger partial charge in [0.25, 0.3) is 6.71 Å². The molecular formula is C85H55BN8. The molecule has 3 aromatic heterocycles. The number of benzene rings is 13. The van der Waals surface area contributed by atoms with Crippen LogP contribution >= 0.6 is 0 Å². The van der Waals surface area contributed by atoms with Crippen LogP contribution < -0.4 is 26.2 Å². The van der Waals surface area contributed by atoms with Gasteiger partial charge in [0, 0.05) is 78.3 Å². The molecule has 0 aliphatic carbocycles. The summed E-state index contributed by atoms with van der Waals surface area (Å²) in [6, 6.07) is 118. The molecule has 0 amide bonds. The standard InChI is InChI=1S/C85H55BN8/c1-6-23-56(24-7-1)63-47-51-75-68(53-63)67-33-16-19-36-74(67)94(75)76-52-48-64(85-90-83(60-27-10-3-11-28-60)89-84(91-85)61-29-12-4-13-30-61)54-69(76)73-55-72(59-25-8-2-9-26-59)87-82(88-73)62-43-41-57(42-44-62)58-45-49-66(50-46-58)93-78-38-21-18-35-71(78)86-70-34-17-20-37-77(70)92(65-31-14-5-15-32-65)79-39-22-40-80(93)81(79)86/h1-55H. The number of fused-ring (bicyclic) bond motifs is 7. The van der Waals surface area contributed by atoms with Crippen LogP contribution in [0.5, 0.6) is 0 Å². The molecule has 0 spiro atoms. The van der Waals surface area contributed by atoms with Crippen LogP contribution in [-0.4, -0.2) is 36.2 Å². The van der Waals surface area contributed by atoms with Gasteiger partial charge in [0.05, 0.1) is 28.1 Å². The van der Waals surface area contributed by atoms with Crippen molar-refractivity contribution in [1.82, 2.24) is 29.5 Å². The highest BCUT2D eigenvalue weighted by molar-refractivity contribution is 7.00. The van der Waals surface area contributed by atoms with Gasteiger partial charge in [-0.3, -0.25) is 0 Å². The molecule has 0 radical (unpaired) electrons. The van der Waals surface area contributed by atoms with Gasteiger partial charge >= 0.3 is 0 Å². The van der Waals surface area contributed by atoms with Crippen LogP contribution in [0.25, 0.3) is 118 Å². The molecule has 0 atom stereocenters. The van der Waals surface area contributed by atoms with Crippen molar-refractivity contribution in [3.8, 4) is 96.0 Å². The minimum atomic E-state index is 0.0755. The second-order valence-corrected chi connectivity index (χ2v) is 23.9. The van der Waals surface area contributed by atoms with Crippen molar-refractivity contribution >= 4 is 79.0 Å². The fourth-order valence-electron chi connectivity index (χ4n) is 14.1. The van der Waals surface area contributed by atoms with Crippen molar-refractivity contribution in [2.24, 2.45) is 0 Å². The smallest absolute Gasteiger partial charge is 0.252 e. The van der Waals surface area contributed by atoms with Gasteiger partial charge in [0.15, 0.2) is 23.3 Å². The molecule has 0 saturated heterocycles. The summed E-state index contributed by atoms with van der Waals surface area (Å²) in [7, 11) is 0. The summed E-state index contributed by atoms with van der Waals surface area (Å²) in [5.74, 6) is 2.32. The lowest BCUT2D eigenvalue weighted by atomic mass is 9.33. The van der Waals surface area contributed by atoms with Crippen molar-refractivity contribution < 1.29 is 0 Å². The number of anilines is 6. The minimum absolute atomic E-state index is 0.0755. The lowest BCUT2D eigenvalue weighted by Gasteiger charge is -2.44. The fraction of sp³-hybridized carbons (Fsp3) is 0. The van der Waals surface area contributed by atoms with Crippen LogP contribution in [0.2, 0.25) is 0 Å². The van der Waals surface area contributed by atoms with E-state index in [1.807, 2.05) is 66.7 Å². The first-order valence-corrected chi connectivity index (χ1v) is 31.8. The number of aromatic nitrogens is 6. The van der Waals surface area contributed by atoms with Gasteiger partial charge in [-0.25, -0.2) is 24.9 Å². The Bertz CT molecular complexity index is 5490. The van der Waals surface area contributed by atoms with Gasteiger partial charge in [0.2, 0.25) is 0 Å². The molecular weight excluding hydrogens is 1140 g/mol.